The van der Waals surface area contributed by atoms with Crippen LogP contribution in [0.4, 0.5) is 18.9 Å². The lowest BCUT2D eigenvalue weighted by molar-refractivity contribution is -0.116. The number of nitrogens with one attached hydrogen (secondary N) is 2. The molecule has 4 rings (SSSR count). The number of fused-ring (bicyclic) bond motifs is 1. The molecule has 1 atom stereocenters. The highest BCUT2D eigenvalue weighted by atomic mass is 19.3. The lowest BCUT2D eigenvalue weighted by Gasteiger charge is -2.31. The number of nitrogens with zero attached hydrogens (tertiary/aromatic N) is 2. The molecular formula is C22H23F3N4O5. The summed E-state index contributed by atoms with van der Waals surface area (Å²) in [5.41, 5.74) is -0.357. The van der Waals surface area contributed by atoms with Crippen molar-refractivity contribution in [3.63, 3.8) is 0 Å². The number of alkyl halides is 2. The van der Waals surface area contributed by atoms with Gasteiger partial charge < -0.3 is 24.7 Å². The van der Waals surface area contributed by atoms with E-state index in [9.17, 15) is 27.6 Å². The van der Waals surface area contributed by atoms with E-state index in [4.69, 9.17) is 4.74 Å². The van der Waals surface area contributed by atoms with Gasteiger partial charge in [-0.05, 0) is 37.0 Å². The van der Waals surface area contributed by atoms with Gasteiger partial charge in [-0.25, -0.2) is 9.37 Å². The number of carbonyl (C=O) groups excluding carboxylic acids is 3. The van der Waals surface area contributed by atoms with Gasteiger partial charge >= 0.3 is 6.43 Å². The number of oxazole rings is 1. The molecule has 1 aromatic heterocycles. The van der Waals surface area contributed by atoms with Crippen molar-refractivity contribution < 1.29 is 36.7 Å². The molecule has 2 aliphatic rings. The Hall–Kier alpha value is -3.41. The monoisotopic (exact) mass is 480 g/mol. The van der Waals surface area contributed by atoms with Gasteiger partial charge in [0.25, 0.3) is 17.7 Å². The van der Waals surface area contributed by atoms with Crippen molar-refractivity contribution >= 4 is 23.4 Å². The van der Waals surface area contributed by atoms with Gasteiger partial charge in [-0.3, -0.25) is 14.4 Å². The molecule has 2 N–H and O–H groups in total. The first-order chi connectivity index (χ1) is 16.2. The maximum atomic E-state index is 14.7. The molecule has 0 aliphatic carbocycles. The first-order valence-electron chi connectivity index (χ1n) is 10.7. The molecule has 1 fully saturated rings. The van der Waals surface area contributed by atoms with Crippen LogP contribution in [0.3, 0.4) is 0 Å². The number of likely N-dealkylation sites (tertiary alicyclic amines) is 1. The predicted octanol–water partition coefficient (Wildman–Crippen LogP) is 2.69. The van der Waals surface area contributed by atoms with Crippen LogP contribution in [-0.4, -0.2) is 60.0 Å². The van der Waals surface area contributed by atoms with E-state index in [-0.39, 0.29) is 43.3 Å². The molecule has 1 aromatic carbocycles. The number of aromatic nitrogens is 1. The van der Waals surface area contributed by atoms with Crippen LogP contribution in [0.25, 0.3) is 0 Å². The summed E-state index contributed by atoms with van der Waals surface area (Å²) in [7, 11) is 1.49. The second kappa shape index (κ2) is 9.45. The van der Waals surface area contributed by atoms with Gasteiger partial charge in [0.15, 0.2) is 5.69 Å². The normalized spacial score (nSPS) is 19.8. The lowest BCUT2D eigenvalue weighted by Crippen LogP contribution is -2.51. The number of anilines is 1. The average Bonchev–Trinajstić information content (AvgIpc) is 3.45. The van der Waals surface area contributed by atoms with Gasteiger partial charge in [0, 0.05) is 38.9 Å². The topological polar surface area (TPSA) is 114 Å². The van der Waals surface area contributed by atoms with Crippen LogP contribution in [0.2, 0.25) is 0 Å². The minimum atomic E-state index is -2.94. The molecule has 34 heavy (non-hydrogen) atoms. The van der Waals surface area contributed by atoms with E-state index in [0.29, 0.717) is 30.5 Å². The maximum Gasteiger partial charge on any atom is 0.313 e. The summed E-state index contributed by atoms with van der Waals surface area (Å²) in [5, 5.41) is 5.44. The van der Waals surface area contributed by atoms with Crippen LogP contribution in [0.5, 0.6) is 0 Å². The van der Waals surface area contributed by atoms with Crippen molar-refractivity contribution in [2.75, 3.05) is 32.1 Å². The van der Waals surface area contributed by atoms with Crippen molar-refractivity contribution in [2.24, 2.45) is 0 Å². The number of amides is 3. The highest BCUT2D eigenvalue weighted by Gasteiger charge is 2.42. The Morgan fingerprint density at radius 2 is 2.15 bits per heavy atom. The van der Waals surface area contributed by atoms with Gasteiger partial charge in [0.1, 0.15) is 12.1 Å². The van der Waals surface area contributed by atoms with E-state index in [1.54, 1.807) is 0 Å². The molecule has 2 aliphatic heterocycles. The van der Waals surface area contributed by atoms with Gasteiger partial charge in [-0.2, -0.15) is 8.78 Å². The number of ether oxygens (including phenoxy) is 1. The number of methoxy groups -OCH3 is 1. The highest BCUT2D eigenvalue weighted by molar-refractivity contribution is 5.98. The molecular weight excluding hydrogens is 457 g/mol. The van der Waals surface area contributed by atoms with Crippen LogP contribution in [0, 0.1) is 5.82 Å². The largest absolute Gasteiger partial charge is 0.443 e. The standard InChI is InChI=1S/C22H23F3N4O5/c1-33-7-5-22(4-6-29(11-22)21(32)16-10-34-20(27-16)18(24)25)28-19(31)13-8-12-2-3-17(30)26-15(12)9-14(13)23/h8-10,18H,2-7,11H2,1H3,(H,26,30)(H,28,31). The van der Waals surface area contributed by atoms with E-state index in [2.05, 4.69) is 20.0 Å². The third-order valence-electron chi connectivity index (χ3n) is 6.07. The molecule has 12 heteroatoms. The number of hydrogen-bond donors (Lipinski definition) is 2. The number of halogens is 3. The number of hydrogen-bond acceptors (Lipinski definition) is 6. The molecule has 3 heterocycles. The van der Waals surface area contributed by atoms with Crippen LogP contribution in [-0.2, 0) is 16.0 Å². The zero-order valence-electron chi connectivity index (χ0n) is 18.3. The third-order valence-corrected chi connectivity index (χ3v) is 6.07. The molecule has 0 spiro atoms. The van der Waals surface area contributed by atoms with E-state index >= 15 is 0 Å². The molecule has 0 bridgehead atoms. The summed E-state index contributed by atoms with van der Waals surface area (Å²) in [5.74, 6) is -3.12. The van der Waals surface area contributed by atoms with Crippen molar-refractivity contribution in [3.05, 3.63) is 46.9 Å². The number of rotatable bonds is 7. The molecule has 0 saturated carbocycles. The summed E-state index contributed by atoms with van der Waals surface area (Å²) >= 11 is 0. The Bertz CT molecular complexity index is 1120. The Morgan fingerprint density at radius 3 is 2.85 bits per heavy atom. The Balaban J connectivity index is 1.52. The zero-order valence-corrected chi connectivity index (χ0v) is 18.3. The summed E-state index contributed by atoms with van der Waals surface area (Å²) in [4.78, 5) is 42.3. The predicted molar refractivity (Wildman–Crippen MR) is 112 cm³/mol. The fourth-order valence-electron chi connectivity index (χ4n) is 4.24. The van der Waals surface area contributed by atoms with Gasteiger partial charge in [0.2, 0.25) is 5.91 Å². The van der Waals surface area contributed by atoms with Crippen LogP contribution >= 0.6 is 0 Å². The van der Waals surface area contributed by atoms with Crippen molar-refractivity contribution in [2.45, 2.75) is 37.6 Å². The zero-order chi connectivity index (χ0) is 24.5. The summed E-state index contributed by atoms with van der Waals surface area (Å²) in [6.07, 6.45) is -0.765. The summed E-state index contributed by atoms with van der Waals surface area (Å²) < 4.78 is 50.0. The molecule has 2 aromatic rings. The van der Waals surface area contributed by atoms with Crippen LogP contribution in [0.15, 0.2) is 22.8 Å². The van der Waals surface area contributed by atoms with Gasteiger partial charge in [-0.15, -0.1) is 0 Å². The second-order valence-electron chi connectivity index (χ2n) is 8.36. The van der Waals surface area contributed by atoms with Crippen molar-refractivity contribution in [3.8, 4) is 0 Å². The van der Waals surface area contributed by atoms with E-state index < -0.39 is 35.5 Å². The summed E-state index contributed by atoms with van der Waals surface area (Å²) in [6, 6.07) is 2.54. The minimum Gasteiger partial charge on any atom is -0.443 e. The van der Waals surface area contributed by atoms with E-state index in [0.717, 1.165) is 12.3 Å². The van der Waals surface area contributed by atoms with Gasteiger partial charge in [-0.1, -0.05) is 0 Å². The molecule has 1 unspecified atom stereocenters. The lowest BCUT2D eigenvalue weighted by atomic mass is 9.93. The van der Waals surface area contributed by atoms with Crippen LogP contribution < -0.4 is 10.6 Å². The van der Waals surface area contributed by atoms with E-state index in [1.165, 1.54) is 18.1 Å². The van der Waals surface area contributed by atoms with Crippen molar-refractivity contribution in [1.82, 2.24) is 15.2 Å². The average molecular weight is 480 g/mol. The number of benzene rings is 1. The third kappa shape index (κ3) is 4.76. The van der Waals surface area contributed by atoms with E-state index in [1.807, 2.05) is 0 Å². The first-order valence-corrected chi connectivity index (χ1v) is 10.7. The maximum absolute atomic E-state index is 14.7. The molecule has 0 radical (unpaired) electrons. The Kier molecular flexibility index (Phi) is 6.60. The first kappa shape index (κ1) is 23.7. The Labute approximate surface area is 192 Å². The smallest absolute Gasteiger partial charge is 0.313 e. The SMILES string of the molecule is COCCC1(NC(=O)c2cc3c(cc2F)NC(=O)CC3)CCN(C(=O)c2coc(C(F)F)n2)C1. The Morgan fingerprint density at radius 1 is 1.35 bits per heavy atom. The molecule has 3 amide bonds. The fraction of sp³-hybridized carbons (Fsp3) is 0.455. The minimum absolute atomic E-state index is 0.0560. The van der Waals surface area contributed by atoms with Gasteiger partial charge in [0.05, 0.1) is 11.1 Å². The number of aryl methyl sites for hydroxylation is 1. The van der Waals surface area contributed by atoms with Crippen LogP contribution in [0.1, 0.15) is 58.0 Å². The highest BCUT2D eigenvalue weighted by Crippen LogP contribution is 2.30. The van der Waals surface area contributed by atoms with Crippen molar-refractivity contribution in [1.29, 1.82) is 0 Å². The molecule has 9 nitrogen and oxygen atoms in total. The molecule has 1 saturated heterocycles. The fourth-order valence-corrected chi connectivity index (χ4v) is 4.24. The molecule has 182 valence electrons. The summed E-state index contributed by atoms with van der Waals surface area (Å²) in [6.45, 7) is 0.541. The quantitative estimate of drug-likeness (QED) is 0.630. The second-order valence-corrected chi connectivity index (χ2v) is 8.36. The number of carbonyl (C=O) groups is 3.